The van der Waals surface area contributed by atoms with Crippen LogP contribution in [0.15, 0.2) is 77.3 Å². The van der Waals surface area contributed by atoms with E-state index in [2.05, 4.69) is 15.9 Å². The maximum atomic E-state index is 13.2. The standard InChI is InChI=1S/C25H23BrN2O4/c26-20-10-8-18(9-11-20)23-15-28(12-13-31-23)25(30)19-5-3-4-17(14-19)16-32-22-7-2-1-6-21(22)24(27)29/h1-11,14,23H,12-13,15-16H2,(H2,27,29). The highest BCUT2D eigenvalue weighted by Crippen LogP contribution is 2.25. The molecule has 1 fully saturated rings. The van der Waals surface area contributed by atoms with Crippen LogP contribution in [-0.4, -0.2) is 36.4 Å². The third-order valence-corrected chi connectivity index (χ3v) is 5.84. The number of nitrogens with two attached hydrogens (primary N) is 1. The van der Waals surface area contributed by atoms with Crippen molar-refractivity contribution in [1.82, 2.24) is 4.90 Å². The Kier molecular flexibility index (Phi) is 6.87. The van der Waals surface area contributed by atoms with E-state index in [9.17, 15) is 9.59 Å². The van der Waals surface area contributed by atoms with Gasteiger partial charge in [-0.25, -0.2) is 0 Å². The van der Waals surface area contributed by atoms with Crippen LogP contribution in [0, 0.1) is 0 Å². The lowest BCUT2D eigenvalue weighted by Gasteiger charge is -2.33. The molecule has 4 rings (SSSR count). The number of primary amides is 1. The largest absolute Gasteiger partial charge is 0.488 e. The van der Waals surface area contributed by atoms with Gasteiger partial charge in [0.2, 0.25) is 0 Å². The van der Waals surface area contributed by atoms with Gasteiger partial charge < -0.3 is 20.1 Å². The molecular formula is C25H23BrN2O4. The van der Waals surface area contributed by atoms with E-state index in [0.29, 0.717) is 36.6 Å². The molecule has 3 aromatic carbocycles. The Balaban J connectivity index is 1.44. The van der Waals surface area contributed by atoms with Crippen molar-refractivity contribution in [3.8, 4) is 5.75 Å². The molecule has 1 unspecified atom stereocenters. The summed E-state index contributed by atoms with van der Waals surface area (Å²) in [6.45, 7) is 1.74. The van der Waals surface area contributed by atoms with Crippen LogP contribution in [0.2, 0.25) is 0 Å². The quantitative estimate of drug-likeness (QED) is 0.552. The van der Waals surface area contributed by atoms with Crippen molar-refractivity contribution in [2.75, 3.05) is 19.7 Å². The maximum Gasteiger partial charge on any atom is 0.254 e. The van der Waals surface area contributed by atoms with E-state index < -0.39 is 5.91 Å². The summed E-state index contributed by atoms with van der Waals surface area (Å²) in [5.41, 5.74) is 8.19. The third-order valence-electron chi connectivity index (χ3n) is 5.32. The van der Waals surface area contributed by atoms with Crippen molar-refractivity contribution in [2.45, 2.75) is 12.7 Å². The number of para-hydroxylation sites is 1. The van der Waals surface area contributed by atoms with E-state index in [1.807, 2.05) is 47.4 Å². The maximum absolute atomic E-state index is 13.2. The lowest BCUT2D eigenvalue weighted by molar-refractivity contribution is -0.0228. The van der Waals surface area contributed by atoms with Gasteiger partial charge in [0.25, 0.3) is 11.8 Å². The molecule has 0 aromatic heterocycles. The number of carbonyl (C=O) groups excluding carboxylic acids is 2. The normalized spacial score (nSPS) is 15.9. The molecule has 3 aromatic rings. The number of rotatable bonds is 6. The van der Waals surface area contributed by atoms with Crippen molar-refractivity contribution in [1.29, 1.82) is 0 Å². The average molecular weight is 495 g/mol. The number of benzene rings is 3. The van der Waals surface area contributed by atoms with E-state index in [1.54, 1.807) is 30.3 Å². The molecule has 0 spiro atoms. The van der Waals surface area contributed by atoms with Crippen LogP contribution in [-0.2, 0) is 11.3 Å². The van der Waals surface area contributed by atoms with Gasteiger partial charge in [-0.05, 0) is 47.5 Å². The minimum atomic E-state index is -0.544. The number of ether oxygens (including phenoxy) is 2. The summed E-state index contributed by atoms with van der Waals surface area (Å²) in [7, 11) is 0. The van der Waals surface area contributed by atoms with Crippen LogP contribution >= 0.6 is 15.9 Å². The first-order valence-electron chi connectivity index (χ1n) is 10.3. The second-order valence-electron chi connectivity index (χ2n) is 7.51. The van der Waals surface area contributed by atoms with Crippen molar-refractivity contribution < 1.29 is 19.1 Å². The van der Waals surface area contributed by atoms with Gasteiger partial charge in [0, 0.05) is 16.6 Å². The molecule has 0 aliphatic carbocycles. The van der Waals surface area contributed by atoms with Gasteiger partial charge in [0.15, 0.2) is 0 Å². The van der Waals surface area contributed by atoms with Gasteiger partial charge in [0.05, 0.1) is 18.7 Å². The zero-order valence-corrected chi connectivity index (χ0v) is 19.0. The van der Waals surface area contributed by atoms with Gasteiger partial charge >= 0.3 is 0 Å². The van der Waals surface area contributed by atoms with Gasteiger partial charge in [-0.15, -0.1) is 0 Å². The first-order valence-corrected chi connectivity index (χ1v) is 11.1. The number of morpholine rings is 1. The number of amides is 2. The van der Waals surface area contributed by atoms with Crippen LogP contribution in [0.1, 0.15) is 37.9 Å². The number of nitrogens with zero attached hydrogens (tertiary/aromatic N) is 1. The van der Waals surface area contributed by atoms with Gasteiger partial charge in [0.1, 0.15) is 18.5 Å². The highest BCUT2D eigenvalue weighted by molar-refractivity contribution is 9.10. The van der Waals surface area contributed by atoms with E-state index in [0.717, 1.165) is 15.6 Å². The summed E-state index contributed by atoms with van der Waals surface area (Å²) >= 11 is 3.44. The minimum Gasteiger partial charge on any atom is -0.488 e. The number of hydrogen-bond acceptors (Lipinski definition) is 4. The molecule has 32 heavy (non-hydrogen) atoms. The molecule has 2 N–H and O–H groups in total. The molecule has 0 saturated carbocycles. The Hall–Kier alpha value is -3.16. The summed E-state index contributed by atoms with van der Waals surface area (Å²) in [6.07, 6.45) is -0.155. The number of hydrogen-bond donors (Lipinski definition) is 1. The molecule has 1 aliphatic rings. The summed E-state index contributed by atoms with van der Waals surface area (Å²) in [5.74, 6) is -0.172. The summed E-state index contributed by atoms with van der Waals surface area (Å²) in [6, 6.07) is 22.1. The SMILES string of the molecule is NC(=O)c1ccccc1OCc1cccc(C(=O)N2CCOC(c3ccc(Br)cc3)C2)c1. The predicted octanol–water partition coefficient (Wildman–Crippen LogP) is 4.34. The predicted molar refractivity (Wildman–Crippen MR) is 124 cm³/mol. The zero-order chi connectivity index (χ0) is 22.5. The van der Waals surface area contributed by atoms with Crippen molar-refractivity contribution in [3.63, 3.8) is 0 Å². The first-order chi connectivity index (χ1) is 15.5. The highest BCUT2D eigenvalue weighted by Gasteiger charge is 2.26. The molecule has 6 nitrogen and oxygen atoms in total. The van der Waals surface area contributed by atoms with Crippen LogP contribution < -0.4 is 10.5 Å². The average Bonchev–Trinajstić information content (AvgIpc) is 2.83. The molecule has 1 atom stereocenters. The molecule has 164 valence electrons. The monoisotopic (exact) mass is 494 g/mol. The molecular weight excluding hydrogens is 472 g/mol. The lowest BCUT2D eigenvalue weighted by Crippen LogP contribution is -2.42. The lowest BCUT2D eigenvalue weighted by atomic mass is 10.1. The topological polar surface area (TPSA) is 81.9 Å². The van der Waals surface area contributed by atoms with E-state index in [4.69, 9.17) is 15.2 Å². The fraction of sp³-hybridized carbons (Fsp3) is 0.200. The van der Waals surface area contributed by atoms with Crippen molar-refractivity contribution >= 4 is 27.7 Å². The van der Waals surface area contributed by atoms with Crippen molar-refractivity contribution in [3.05, 3.63) is 99.5 Å². The van der Waals surface area contributed by atoms with Crippen LogP contribution in [0.25, 0.3) is 0 Å². The van der Waals surface area contributed by atoms with E-state index in [1.165, 1.54) is 0 Å². The Morgan fingerprint density at radius 2 is 1.84 bits per heavy atom. The Bertz CT molecular complexity index is 1120. The minimum absolute atomic E-state index is 0.0465. The smallest absolute Gasteiger partial charge is 0.254 e. The van der Waals surface area contributed by atoms with Gasteiger partial charge in [-0.2, -0.15) is 0 Å². The highest BCUT2D eigenvalue weighted by atomic mass is 79.9. The fourth-order valence-corrected chi connectivity index (χ4v) is 3.91. The van der Waals surface area contributed by atoms with Crippen molar-refractivity contribution in [2.24, 2.45) is 5.73 Å². The number of carbonyl (C=O) groups is 2. The second-order valence-corrected chi connectivity index (χ2v) is 8.43. The molecule has 7 heteroatoms. The molecule has 2 amide bonds. The van der Waals surface area contributed by atoms with Crippen LogP contribution in [0.4, 0.5) is 0 Å². The van der Waals surface area contributed by atoms with E-state index >= 15 is 0 Å². The van der Waals surface area contributed by atoms with E-state index in [-0.39, 0.29) is 18.6 Å². The van der Waals surface area contributed by atoms with Crippen LogP contribution in [0.3, 0.4) is 0 Å². The Labute approximate surface area is 195 Å². The summed E-state index contributed by atoms with van der Waals surface area (Å²) < 4.78 is 12.7. The molecule has 0 radical (unpaired) electrons. The zero-order valence-electron chi connectivity index (χ0n) is 17.4. The summed E-state index contributed by atoms with van der Waals surface area (Å²) in [4.78, 5) is 26.6. The van der Waals surface area contributed by atoms with Crippen LogP contribution in [0.5, 0.6) is 5.75 Å². The second kappa shape index (κ2) is 9.97. The number of halogens is 1. The molecule has 1 saturated heterocycles. The summed E-state index contributed by atoms with van der Waals surface area (Å²) in [5, 5.41) is 0. The molecule has 1 heterocycles. The fourth-order valence-electron chi connectivity index (χ4n) is 3.65. The molecule has 1 aliphatic heterocycles. The van der Waals surface area contributed by atoms with Gasteiger partial charge in [-0.3, -0.25) is 9.59 Å². The van der Waals surface area contributed by atoms with Gasteiger partial charge in [-0.1, -0.05) is 52.3 Å². The third kappa shape index (κ3) is 5.18. The first kappa shape index (κ1) is 22.0. The molecule has 0 bridgehead atoms. The Morgan fingerprint density at radius 3 is 2.62 bits per heavy atom. The Morgan fingerprint density at radius 1 is 1.06 bits per heavy atom.